The van der Waals surface area contributed by atoms with E-state index in [0.717, 1.165) is 23.2 Å². The third-order valence-corrected chi connectivity index (χ3v) is 5.33. The van der Waals surface area contributed by atoms with E-state index in [0.29, 0.717) is 35.8 Å². The number of aromatic nitrogens is 1. The molecule has 1 aliphatic rings. The van der Waals surface area contributed by atoms with Crippen LogP contribution in [0.5, 0.6) is 0 Å². The fourth-order valence-electron chi connectivity index (χ4n) is 3.22. The van der Waals surface area contributed by atoms with Gasteiger partial charge in [-0.2, -0.15) is 0 Å². The molecule has 1 saturated heterocycles. The SMILES string of the molecule is O=C(Nc1cccc(C(=O)Nc2ccc(Br)cn2)c1)c1ccc(N2CCOCC2)cc1. The highest BCUT2D eigenvalue weighted by Gasteiger charge is 2.13. The lowest BCUT2D eigenvalue weighted by atomic mass is 10.1. The van der Waals surface area contributed by atoms with Gasteiger partial charge in [0.15, 0.2) is 0 Å². The average Bonchev–Trinajstić information content (AvgIpc) is 2.81. The third kappa shape index (κ3) is 5.48. The summed E-state index contributed by atoms with van der Waals surface area (Å²) in [6, 6.07) is 17.8. The zero-order valence-electron chi connectivity index (χ0n) is 16.7. The molecule has 4 rings (SSSR count). The van der Waals surface area contributed by atoms with Crippen LogP contribution in [0.3, 0.4) is 0 Å². The standard InChI is InChI=1S/C23H21BrN4O3/c24-18-6-9-21(25-15-18)27-23(30)17-2-1-3-19(14-17)26-22(29)16-4-7-20(8-5-16)28-10-12-31-13-11-28/h1-9,14-15H,10-13H2,(H,26,29)(H,25,27,30). The van der Waals surface area contributed by atoms with Crippen LogP contribution in [0.4, 0.5) is 17.2 Å². The minimum Gasteiger partial charge on any atom is -0.378 e. The van der Waals surface area contributed by atoms with Crippen molar-refractivity contribution in [3.05, 3.63) is 82.5 Å². The van der Waals surface area contributed by atoms with E-state index < -0.39 is 0 Å². The number of halogens is 1. The molecule has 2 heterocycles. The van der Waals surface area contributed by atoms with Crippen molar-refractivity contribution in [3.8, 4) is 0 Å². The Morgan fingerprint density at radius 2 is 1.65 bits per heavy atom. The van der Waals surface area contributed by atoms with Gasteiger partial charge in [0.1, 0.15) is 5.82 Å². The van der Waals surface area contributed by atoms with E-state index in [1.54, 1.807) is 54.7 Å². The number of hydrogen-bond donors (Lipinski definition) is 2. The second kappa shape index (κ2) is 9.72. The molecule has 3 aromatic rings. The highest BCUT2D eigenvalue weighted by Crippen LogP contribution is 2.19. The van der Waals surface area contributed by atoms with Crippen LogP contribution in [0.1, 0.15) is 20.7 Å². The molecule has 0 spiro atoms. The van der Waals surface area contributed by atoms with Crippen LogP contribution in [-0.4, -0.2) is 43.1 Å². The van der Waals surface area contributed by atoms with Crippen molar-refractivity contribution in [3.63, 3.8) is 0 Å². The first-order chi connectivity index (χ1) is 15.1. The van der Waals surface area contributed by atoms with E-state index in [-0.39, 0.29) is 11.8 Å². The van der Waals surface area contributed by atoms with Gasteiger partial charge < -0.3 is 20.3 Å². The van der Waals surface area contributed by atoms with Crippen LogP contribution in [0.2, 0.25) is 0 Å². The summed E-state index contributed by atoms with van der Waals surface area (Å²) >= 11 is 3.31. The number of benzene rings is 2. The van der Waals surface area contributed by atoms with E-state index in [2.05, 4.69) is 36.4 Å². The lowest BCUT2D eigenvalue weighted by Gasteiger charge is -2.28. The lowest BCUT2D eigenvalue weighted by molar-refractivity contribution is 0.101. The summed E-state index contributed by atoms with van der Waals surface area (Å²) < 4.78 is 6.20. The van der Waals surface area contributed by atoms with Gasteiger partial charge in [0, 0.05) is 46.3 Å². The van der Waals surface area contributed by atoms with Gasteiger partial charge in [-0.15, -0.1) is 0 Å². The summed E-state index contributed by atoms with van der Waals surface area (Å²) in [7, 11) is 0. The zero-order chi connectivity index (χ0) is 21.6. The van der Waals surface area contributed by atoms with E-state index in [1.807, 2.05) is 12.1 Å². The number of nitrogens with one attached hydrogen (secondary N) is 2. The molecule has 7 nitrogen and oxygen atoms in total. The van der Waals surface area contributed by atoms with Gasteiger partial charge in [-0.3, -0.25) is 9.59 Å². The summed E-state index contributed by atoms with van der Waals surface area (Å²) in [4.78, 5) is 31.5. The number of carbonyl (C=O) groups is 2. The topological polar surface area (TPSA) is 83.6 Å². The van der Waals surface area contributed by atoms with E-state index in [4.69, 9.17) is 4.74 Å². The maximum Gasteiger partial charge on any atom is 0.256 e. The predicted molar refractivity (Wildman–Crippen MR) is 124 cm³/mol. The van der Waals surface area contributed by atoms with Crippen molar-refractivity contribution in [2.75, 3.05) is 41.8 Å². The third-order valence-electron chi connectivity index (χ3n) is 4.86. The molecule has 1 aliphatic heterocycles. The monoisotopic (exact) mass is 480 g/mol. The summed E-state index contributed by atoms with van der Waals surface area (Å²) in [6.07, 6.45) is 1.61. The Bertz CT molecular complexity index is 1060. The van der Waals surface area contributed by atoms with Crippen molar-refractivity contribution in [1.29, 1.82) is 0 Å². The van der Waals surface area contributed by atoms with Crippen LogP contribution in [0.25, 0.3) is 0 Å². The van der Waals surface area contributed by atoms with Crippen LogP contribution in [0.15, 0.2) is 71.3 Å². The molecule has 31 heavy (non-hydrogen) atoms. The second-order valence-electron chi connectivity index (χ2n) is 7.00. The molecular weight excluding hydrogens is 460 g/mol. The van der Waals surface area contributed by atoms with Crippen LogP contribution in [0, 0.1) is 0 Å². The zero-order valence-corrected chi connectivity index (χ0v) is 18.3. The molecule has 0 bridgehead atoms. The van der Waals surface area contributed by atoms with Crippen molar-refractivity contribution >= 4 is 44.9 Å². The first-order valence-electron chi connectivity index (χ1n) is 9.85. The minimum atomic E-state index is -0.305. The molecular formula is C23H21BrN4O3. The number of hydrogen-bond acceptors (Lipinski definition) is 5. The van der Waals surface area contributed by atoms with Crippen molar-refractivity contribution in [2.45, 2.75) is 0 Å². The van der Waals surface area contributed by atoms with Crippen molar-refractivity contribution < 1.29 is 14.3 Å². The molecule has 0 atom stereocenters. The molecule has 8 heteroatoms. The molecule has 2 aromatic carbocycles. The molecule has 158 valence electrons. The van der Waals surface area contributed by atoms with Crippen LogP contribution < -0.4 is 15.5 Å². The number of morpholine rings is 1. The molecule has 1 aromatic heterocycles. The number of anilines is 3. The number of rotatable bonds is 5. The Balaban J connectivity index is 1.40. The number of ether oxygens (including phenoxy) is 1. The van der Waals surface area contributed by atoms with Gasteiger partial charge in [-0.25, -0.2) is 4.98 Å². The van der Waals surface area contributed by atoms with Gasteiger partial charge in [0.25, 0.3) is 11.8 Å². The number of pyridine rings is 1. The van der Waals surface area contributed by atoms with Crippen molar-refractivity contribution in [2.24, 2.45) is 0 Å². The first-order valence-corrected chi connectivity index (χ1v) is 10.6. The molecule has 2 amide bonds. The van der Waals surface area contributed by atoms with Gasteiger partial charge >= 0.3 is 0 Å². The Morgan fingerprint density at radius 1 is 0.903 bits per heavy atom. The normalized spacial score (nSPS) is 13.5. The highest BCUT2D eigenvalue weighted by atomic mass is 79.9. The summed E-state index contributed by atoms with van der Waals surface area (Å²) in [5.41, 5.74) is 2.58. The molecule has 2 N–H and O–H groups in total. The van der Waals surface area contributed by atoms with Crippen LogP contribution >= 0.6 is 15.9 Å². The summed E-state index contributed by atoms with van der Waals surface area (Å²) in [5, 5.41) is 5.59. The molecule has 0 unspecified atom stereocenters. The Kier molecular flexibility index (Phi) is 6.59. The summed E-state index contributed by atoms with van der Waals surface area (Å²) in [6.45, 7) is 3.11. The van der Waals surface area contributed by atoms with Gasteiger partial charge in [0.2, 0.25) is 0 Å². The van der Waals surface area contributed by atoms with Crippen molar-refractivity contribution in [1.82, 2.24) is 4.98 Å². The molecule has 0 radical (unpaired) electrons. The fraction of sp³-hybridized carbons (Fsp3) is 0.174. The first kappa shape index (κ1) is 21.0. The average molecular weight is 481 g/mol. The molecule has 0 aliphatic carbocycles. The largest absolute Gasteiger partial charge is 0.378 e. The maximum atomic E-state index is 12.6. The number of amides is 2. The summed E-state index contributed by atoms with van der Waals surface area (Å²) in [5.74, 6) is -0.0931. The molecule has 1 fully saturated rings. The van der Waals surface area contributed by atoms with Crippen LogP contribution in [-0.2, 0) is 4.74 Å². The van der Waals surface area contributed by atoms with Gasteiger partial charge in [-0.05, 0) is 70.5 Å². The number of nitrogens with zero attached hydrogens (tertiary/aromatic N) is 2. The van der Waals surface area contributed by atoms with E-state index in [1.165, 1.54) is 0 Å². The smallest absolute Gasteiger partial charge is 0.256 e. The predicted octanol–water partition coefficient (Wildman–Crippen LogP) is 4.19. The maximum absolute atomic E-state index is 12.6. The van der Waals surface area contributed by atoms with E-state index >= 15 is 0 Å². The number of carbonyl (C=O) groups excluding carboxylic acids is 2. The Morgan fingerprint density at radius 3 is 2.35 bits per heavy atom. The van der Waals surface area contributed by atoms with Gasteiger partial charge in [0.05, 0.1) is 13.2 Å². The highest BCUT2D eigenvalue weighted by molar-refractivity contribution is 9.10. The second-order valence-corrected chi connectivity index (χ2v) is 7.91. The lowest BCUT2D eigenvalue weighted by Crippen LogP contribution is -2.36. The van der Waals surface area contributed by atoms with E-state index in [9.17, 15) is 9.59 Å². The quantitative estimate of drug-likeness (QED) is 0.571. The Labute approximate surface area is 188 Å². The fourth-order valence-corrected chi connectivity index (χ4v) is 3.46. The molecule has 0 saturated carbocycles. The minimum absolute atomic E-state index is 0.235. The van der Waals surface area contributed by atoms with Gasteiger partial charge in [-0.1, -0.05) is 6.07 Å². The Hall–Kier alpha value is -3.23.